The number of hydrogen-bond donors (Lipinski definition) is 1. The number of anilines is 1. The Labute approximate surface area is 113 Å². The molecule has 2 unspecified atom stereocenters. The van der Waals surface area contributed by atoms with Gasteiger partial charge in [0.2, 0.25) is 0 Å². The molecule has 0 bridgehead atoms. The number of nitrogens with zero attached hydrogens (tertiary/aromatic N) is 1. The lowest BCUT2D eigenvalue weighted by Crippen LogP contribution is -2.17. The van der Waals surface area contributed by atoms with E-state index in [0.717, 1.165) is 11.6 Å². The van der Waals surface area contributed by atoms with Gasteiger partial charge in [-0.1, -0.05) is 0 Å². The van der Waals surface area contributed by atoms with Crippen molar-refractivity contribution in [2.45, 2.75) is 25.8 Å². The zero-order valence-electron chi connectivity index (χ0n) is 10.8. The molecule has 2 atom stereocenters. The summed E-state index contributed by atoms with van der Waals surface area (Å²) in [5.74, 6) is 0.385. The summed E-state index contributed by atoms with van der Waals surface area (Å²) < 4.78 is 15.6. The van der Waals surface area contributed by atoms with Crippen LogP contribution in [0.4, 0.5) is 5.13 Å². The van der Waals surface area contributed by atoms with Crippen molar-refractivity contribution < 1.29 is 13.7 Å². The zero-order valence-corrected chi connectivity index (χ0v) is 12.4. The number of hydrogen-bond acceptors (Lipinski definition) is 6. The van der Waals surface area contributed by atoms with E-state index in [-0.39, 0.29) is 18.4 Å². The van der Waals surface area contributed by atoms with Gasteiger partial charge in [-0.15, -0.1) is 11.3 Å². The number of thiazole rings is 1. The molecule has 5 nitrogen and oxygen atoms in total. The summed E-state index contributed by atoms with van der Waals surface area (Å²) in [6, 6.07) is 0.214. The van der Waals surface area contributed by atoms with E-state index in [9.17, 15) is 9.00 Å². The van der Waals surface area contributed by atoms with E-state index in [0.29, 0.717) is 11.4 Å². The molecular weight excluding hydrogens is 272 g/mol. The van der Waals surface area contributed by atoms with Crippen LogP contribution in [-0.4, -0.2) is 40.3 Å². The summed E-state index contributed by atoms with van der Waals surface area (Å²) in [6.07, 6.45) is 2.72. The van der Waals surface area contributed by atoms with Crippen LogP contribution in [0.2, 0.25) is 0 Å². The number of rotatable bonds is 7. The van der Waals surface area contributed by atoms with Gasteiger partial charge in [-0.3, -0.25) is 9.00 Å². The first-order chi connectivity index (χ1) is 8.51. The van der Waals surface area contributed by atoms with Gasteiger partial charge in [-0.05, 0) is 13.3 Å². The molecule has 0 amide bonds. The summed E-state index contributed by atoms with van der Waals surface area (Å²) in [5, 5.41) is 5.85. The number of carbonyl (C=O) groups is 1. The van der Waals surface area contributed by atoms with Crippen LogP contribution in [0.1, 0.15) is 19.0 Å². The minimum absolute atomic E-state index is 0.196. The normalized spacial score (nSPS) is 13.9. The van der Waals surface area contributed by atoms with Gasteiger partial charge in [-0.25, -0.2) is 4.98 Å². The molecule has 1 rings (SSSR count). The molecule has 0 aliphatic rings. The van der Waals surface area contributed by atoms with Crippen molar-refractivity contribution >= 4 is 33.2 Å². The fourth-order valence-electron chi connectivity index (χ4n) is 1.30. The maximum atomic E-state index is 11.1. The third kappa shape index (κ3) is 5.59. The van der Waals surface area contributed by atoms with E-state index >= 15 is 0 Å². The van der Waals surface area contributed by atoms with E-state index in [1.807, 2.05) is 12.3 Å². The van der Waals surface area contributed by atoms with Gasteiger partial charge >= 0.3 is 5.97 Å². The van der Waals surface area contributed by atoms with Gasteiger partial charge in [0.25, 0.3) is 0 Å². The molecule has 0 radical (unpaired) electrons. The standard InChI is InChI=1S/C11H18N2O3S2/c1-8(4-5-18(3)15)12-11-13-9(7-17-11)6-10(14)16-2/h7-8H,4-6H2,1-3H3,(H,12,13). The lowest BCUT2D eigenvalue weighted by atomic mass is 10.3. The summed E-state index contributed by atoms with van der Waals surface area (Å²) >= 11 is 1.46. The SMILES string of the molecule is COC(=O)Cc1csc(NC(C)CCS(C)=O)n1. The van der Waals surface area contributed by atoms with Gasteiger partial charge < -0.3 is 10.1 Å². The lowest BCUT2D eigenvalue weighted by molar-refractivity contribution is -0.139. The summed E-state index contributed by atoms with van der Waals surface area (Å²) in [7, 11) is 0.596. The molecule has 0 aliphatic carbocycles. The number of carbonyl (C=O) groups excluding carboxylic acids is 1. The predicted molar refractivity (Wildman–Crippen MR) is 74.5 cm³/mol. The molecule has 18 heavy (non-hydrogen) atoms. The van der Waals surface area contributed by atoms with Gasteiger partial charge in [0.15, 0.2) is 5.13 Å². The maximum Gasteiger partial charge on any atom is 0.311 e. The second-order valence-electron chi connectivity index (χ2n) is 4.01. The second-order valence-corrected chi connectivity index (χ2v) is 6.42. The van der Waals surface area contributed by atoms with E-state index in [1.54, 1.807) is 6.26 Å². The Bertz CT molecular complexity index is 420. The maximum absolute atomic E-state index is 11.1. The fraction of sp³-hybridized carbons (Fsp3) is 0.636. The molecule has 7 heteroatoms. The Morgan fingerprint density at radius 1 is 1.67 bits per heavy atom. The van der Waals surface area contributed by atoms with Crippen molar-refractivity contribution in [3.63, 3.8) is 0 Å². The van der Waals surface area contributed by atoms with Crippen molar-refractivity contribution in [1.82, 2.24) is 4.98 Å². The first-order valence-corrected chi connectivity index (χ1v) is 8.19. The summed E-state index contributed by atoms with van der Waals surface area (Å²) in [6.45, 7) is 2.02. The van der Waals surface area contributed by atoms with Crippen molar-refractivity contribution in [3.05, 3.63) is 11.1 Å². The third-order valence-electron chi connectivity index (χ3n) is 2.31. The smallest absolute Gasteiger partial charge is 0.311 e. The molecule has 0 saturated heterocycles. The molecular formula is C11H18N2O3S2. The number of methoxy groups -OCH3 is 1. The molecule has 0 saturated carbocycles. The average molecular weight is 290 g/mol. The number of nitrogens with one attached hydrogen (secondary N) is 1. The van der Waals surface area contributed by atoms with Gasteiger partial charge in [-0.2, -0.15) is 0 Å². The highest BCUT2D eigenvalue weighted by Gasteiger charge is 2.09. The largest absolute Gasteiger partial charge is 0.469 e. The van der Waals surface area contributed by atoms with E-state index < -0.39 is 10.8 Å². The van der Waals surface area contributed by atoms with Gasteiger partial charge in [0, 0.05) is 34.2 Å². The first kappa shape index (κ1) is 15.1. The fourth-order valence-corrected chi connectivity index (χ4v) is 2.81. The highest BCUT2D eigenvalue weighted by Crippen LogP contribution is 2.17. The summed E-state index contributed by atoms with van der Waals surface area (Å²) in [4.78, 5) is 15.4. The van der Waals surface area contributed by atoms with Crippen LogP contribution in [0.15, 0.2) is 5.38 Å². The van der Waals surface area contributed by atoms with Gasteiger partial charge in [0.1, 0.15) is 0 Å². The van der Waals surface area contributed by atoms with Crippen molar-refractivity contribution in [3.8, 4) is 0 Å². The Kier molecular flexibility index (Phi) is 6.28. The topological polar surface area (TPSA) is 68.3 Å². The number of esters is 1. The Hall–Kier alpha value is -0.950. The highest BCUT2D eigenvalue weighted by atomic mass is 32.2. The molecule has 0 aliphatic heterocycles. The van der Waals surface area contributed by atoms with Crippen LogP contribution in [0, 0.1) is 0 Å². The third-order valence-corrected chi connectivity index (χ3v) is 3.95. The van der Waals surface area contributed by atoms with Crippen LogP contribution in [-0.2, 0) is 26.8 Å². The molecule has 0 aromatic carbocycles. The number of aromatic nitrogens is 1. The first-order valence-electron chi connectivity index (χ1n) is 5.59. The van der Waals surface area contributed by atoms with Gasteiger partial charge in [0.05, 0.1) is 19.2 Å². The molecule has 1 aromatic heterocycles. The van der Waals surface area contributed by atoms with E-state index in [1.165, 1.54) is 18.4 Å². The molecule has 1 aromatic rings. The van der Waals surface area contributed by atoms with Crippen LogP contribution >= 0.6 is 11.3 Å². The monoisotopic (exact) mass is 290 g/mol. The minimum Gasteiger partial charge on any atom is -0.469 e. The molecule has 102 valence electrons. The second kappa shape index (κ2) is 7.48. The van der Waals surface area contributed by atoms with Crippen LogP contribution in [0.25, 0.3) is 0 Å². The molecule has 1 N–H and O–H groups in total. The molecule has 1 heterocycles. The Morgan fingerprint density at radius 2 is 2.39 bits per heavy atom. The highest BCUT2D eigenvalue weighted by molar-refractivity contribution is 7.84. The molecule has 0 spiro atoms. The minimum atomic E-state index is -0.766. The quantitative estimate of drug-likeness (QED) is 0.769. The number of ether oxygens (including phenoxy) is 1. The van der Waals surface area contributed by atoms with Crippen LogP contribution in [0.3, 0.4) is 0 Å². The van der Waals surface area contributed by atoms with E-state index in [4.69, 9.17) is 0 Å². The van der Waals surface area contributed by atoms with Crippen molar-refractivity contribution in [1.29, 1.82) is 0 Å². The molecule has 0 fully saturated rings. The van der Waals surface area contributed by atoms with Crippen molar-refractivity contribution in [2.75, 3.05) is 24.4 Å². The lowest BCUT2D eigenvalue weighted by Gasteiger charge is -2.11. The Morgan fingerprint density at radius 3 is 3.00 bits per heavy atom. The van der Waals surface area contributed by atoms with Crippen LogP contribution < -0.4 is 5.32 Å². The van der Waals surface area contributed by atoms with Crippen molar-refractivity contribution in [2.24, 2.45) is 0 Å². The Balaban J connectivity index is 2.43. The predicted octanol–water partition coefficient (Wildman–Crippen LogP) is 1.43. The zero-order chi connectivity index (χ0) is 13.5. The average Bonchev–Trinajstić information content (AvgIpc) is 2.73. The van der Waals surface area contributed by atoms with E-state index in [2.05, 4.69) is 15.0 Å². The summed E-state index contributed by atoms with van der Waals surface area (Å²) in [5.41, 5.74) is 0.709. The van der Waals surface area contributed by atoms with Crippen LogP contribution in [0.5, 0.6) is 0 Å².